The van der Waals surface area contributed by atoms with Crippen LogP contribution in [0.25, 0.3) is 0 Å². The third kappa shape index (κ3) is 4.16. The second-order valence-corrected chi connectivity index (χ2v) is 5.52. The molecule has 1 aromatic rings. The Balaban J connectivity index is 3.03. The number of primary sulfonamides is 1. The van der Waals surface area contributed by atoms with Crippen LogP contribution in [-0.4, -0.2) is 20.2 Å². The molecule has 0 heterocycles. The van der Waals surface area contributed by atoms with Crippen molar-refractivity contribution >= 4 is 44.8 Å². The summed E-state index contributed by atoms with van der Waals surface area (Å²) in [5, 5.41) is 7.63. The van der Waals surface area contributed by atoms with Gasteiger partial charge in [-0.3, -0.25) is 4.79 Å². The molecule has 0 saturated carbocycles. The van der Waals surface area contributed by atoms with Gasteiger partial charge >= 0.3 is 0 Å². The zero-order valence-electron chi connectivity index (χ0n) is 8.61. The van der Waals surface area contributed by atoms with Crippen LogP contribution >= 0.6 is 23.2 Å². The van der Waals surface area contributed by atoms with E-state index in [4.69, 9.17) is 28.3 Å². The van der Waals surface area contributed by atoms with Crippen molar-refractivity contribution in [1.82, 2.24) is 0 Å². The van der Waals surface area contributed by atoms with Gasteiger partial charge in [0.15, 0.2) is 0 Å². The predicted molar refractivity (Wildman–Crippen MR) is 66.8 cm³/mol. The SMILES string of the molecule is NS(=O)(=O)c1ccc(Cl)c(NC(=O)CCCl)c1. The number of amides is 1. The number of benzene rings is 1. The van der Waals surface area contributed by atoms with E-state index in [9.17, 15) is 13.2 Å². The standard InChI is InChI=1S/C9H10Cl2N2O3S/c10-4-3-9(14)13-8-5-6(17(12,15)16)1-2-7(8)11/h1-2,5H,3-4H2,(H,13,14)(H2,12,15,16). The van der Waals surface area contributed by atoms with Crippen LogP contribution in [0, 0.1) is 0 Å². The molecule has 1 aromatic carbocycles. The molecule has 0 aliphatic carbocycles. The van der Waals surface area contributed by atoms with Gasteiger partial charge in [-0.25, -0.2) is 13.6 Å². The molecule has 0 aliphatic heterocycles. The van der Waals surface area contributed by atoms with E-state index in [0.717, 1.165) is 0 Å². The topological polar surface area (TPSA) is 89.3 Å². The Morgan fingerprint density at radius 1 is 1.41 bits per heavy atom. The minimum Gasteiger partial charge on any atom is -0.325 e. The van der Waals surface area contributed by atoms with Crippen LogP contribution in [0.2, 0.25) is 5.02 Å². The fourth-order valence-corrected chi connectivity index (χ4v) is 1.95. The number of alkyl halides is 1. The maximum absolute atomic E-state index is 11.3. The smallest absolute Gasteiger partial charge is 0.238 e. The molecule has 0 aromatic heterocycles. The number of nitrogens with one attached hydrogen (secondary N) is 1. The lowest BCUT2D eigenvalue weighted by molar-refractivity contribution is -0.115. The maximum atomic E-state index is 11.3. The van der Waals surface area contributed by atoms with Gasteiger partial charge in [-0.2, -0.15) is 0 Å². The molecule has 1 rings (SSSR count). The highest BCUT2D eigenvalue weighted by molar-refractivity contribution is 7.89. The summed E-state index contributed by atoms with van der Waals surface area (Å²) in [5.74, 6) is -0.188. The molecule has 3 N–H and O–H groups in total. The molecule has 0 spiro atoms. The summed E-state index contributed by atoms with van der Waals surface area (Å²) in [7, 11) is -3.83. The third-order valence-corrected chi connectivity index (χ3v) is 3.29. The molecule has 5 nitrogen and oxygen atoms in total. The fourth-order valence-electron chi connectivity index (χ4n) is 1.08. The van der Waals surface area contributed by atoms with Gasteiger partial charge in [0.05, 0.1) is 15.6 Å². The van der Waals surface area contributed by atoms with E-state index >= 15 is 0 Å². The van der Waals surface area contributed by atoms with E-state index in [2.05, 4.69) is 5.32 Å². The highest BCUT2D eigenvalue weighted by atomic mass is 35.5. The van der Waals surface area contributed by atoms with E-state index in [1.807, 2.05) is 0 Å². The van der Waals surface area contributed by atoms with Crippen molar-refractivity contribution in [2.45, 2.75) is 11.3 Å². The first-order valence-corrected chi connectivity index (χ1v) is 6.98. The van der Waals surface area contributed by atoms with Gasteiger partial charge in [-0.1, -0.05) is 11.6 Å². The number of carbonyl (C=O) groups excluding carboxylic acids is 1. The summed E-state index contributed by atoms with van der Waals surface area (Å²) < 4.78 is 22.2. The Labute approximate surface area is 109 Å². The van der Waals surface area contributed by atoms with E-state index in [1.165, 1.54) is 18.2 Å². The minimum absolute atomic E-state index is 0.109. The lowest BCUT2D eigenvalue weighted by Crippen LogP contribution is -2.15. The minimum atomic E-state index is -3.83. The molecule has 17 heavy (non-hydrogen) atoms. The predicted octanol–water partition coefficient (Wildman–Crippen LogP) is 1.55. The average molecular weight is 297 g/mol. The first-order valence-electron chi connectivity index (χ1n) is 4.53. The molecular weight excluding hydrogens is 287 g/mol. The number of hydrogen-bond donors (Lipinski definition) is 2. The van der Waals surface area contributed by atoms with E-state index in [0.29, 0.717) is 0 Å². The fraction of sp³-hybridized carbons (Fsp3) is 0.222. The van der Waals surface area contributed by atoms with Crippen molar-refractivity contribution in [2.75, 3.05) is 11.2 Å². The molecule has 8 heteroatoms. The monoisotopic (exact) mass is 296 g/mol. The van der Waals surface area contributed by atoms with Crippen LogP contribution in [-0.2, 0) is 14.8 Å². The number of rotatable bonds is 4. The molecule has 0 fully saturated rings. The normalized spacial score (nSPS) is 11.2. The van der Waals surface area contributed by atoms with Gasteiger partial charge in [0.2, 0.25) is 15.9 Å². The lowest BCUT2D eigenvalue weighted by Gasteiger charge is -2.08. The van der Waals surface area contributed by atoms with Crippen molar-refractivity contribution in [3.8, 4) is 0 Å². The summed E-state index contributed by atoms with van der Waals surface area (Å²) in [6.07, 6.45) is 0.109. The van der Waals surface area contributed by atoms with Gasteiger partial charge in [-0.15, -0.1) is 11.6 Å². The summed E-state index contributed by atoms with van der Waals surface area (Å²) in [6, 6.07) is 3.80. The Morgan fingerprint density at radius 3 is 2.59 bits per heavy atom. The number of carbonyl (C=O) groups is 1. The maximum Gasteiger partial charge on any atom is 0.238 e. The van der Waals surface area contributed by atoms with E-state index < -0.39 is 10.0 Å². The van der Waals surface area contributed by atoms with Gasteiger partial charge < -0.3 is 5.32 Å². The third-order valence-electron chi connectivity index (χ3n) is 1.86. The van der Waals surface area contributed by atoms with Gasteiger partial charge in [0.25, 0.3) is 0 Å². The van der Waals surface area contributed by atoms with Crippen LogP contribution in [0.15, 0.2) is 23.1 Å². The highest BCUT2D eigenvalue weighted by Gasteiger charge is 2.12. The molecule has 0 saturated heterocycles. The Hall–Kier alpha value is -0.820. The van der Waals surface area contributed by atoms with Crippen LogP contribution < -0.4 is 10.5 Å². The summed E-state index contributed by atoms with van der Waals surface area (Å²) in [6.45, 7) is 0. The Kier molecular flexibility index (Phi) is 4.76. The molecule has 0 bridgehead atoms. The molecule has 94 valence electrons. The van der Waals surface area contributed by atoms with Crippen molar-refractivity contribution in [3.05, 3.63) is 23.2 Å². The quantitative estimate of drug-likeness (QED) is 0.826. The molecule has 0 aliphatic rings. The van der Waals surface area contributed by atoms with Crippen molar-refractivity contribution in [2.24, 2.45) is 5.14 Å². The van der Waals surface area contributed by atoms with Crippen LogP contribution in [0.3, 0.4) is 0 Å². The largest absolute Gasteiger partial charge is 0.325 e. The van der Waals surface area contributed by atoms with Crippen LogP contribution in [0.5, 0.6) is 0 Å². The number of sulfonamides is 1. The number of nitrogens with two attached hydrogens (primary N) is 1. The second-order valence-electron chi connectivity index (χ2n) is 3.17. The molecular formula is C9H10Cl2N2O3S. The number of anilines is 1. The molecule has 0 atom stereocenters. The highest BCUT2D eigenvalue weighted by Crippen LogP contribution is 2.24. The lowest BCUT2D eigenvalue weighted by atomic mass is 10.3. The number of hydrogen-bond acceptors (Lipinski definition) is 3. The first-order chi connectivity index (χ1) is 7.84. The second kappa shape index (κ2) is 5.68. The van der Waals surface area contributed by atoms with E-state index in [-0.39, 0.29) is 33.8 Å². The molecule has 0 radical (unpaired) electrons. The van der Waals surface area contributed by atoms with E-state index in [1.54, 1.807) is 0 Å². The average Bonchev–Trinajstić information content (AvgIpc) is 2.20. The summed E-state index contributed by atoms with van der Waals surface area (Å²) >= 11 is 11.2. The molecule has 0 unspecified atom stereocenters. The number of halogens is 2. The van der Waals surface area contributed by atoms with Gasteiger partial charge in [-0.05, 0) is 18.2 Å². The Bertz CT molecular complexity index is 531. The summed E-state index contributed by atoms with van der Waals surface area (Å²) in [4.78, 5) is 11.2. The van der Waals surface area contributed by atoms with Gasteiger partial charge in [0.1, 0.15) is 0 Å². The first kappa shape index (κ1) is 14.2. The summed E-state index contributed by atoms with van der Waals surface area (Å²) in [5.41, 5.74) is 0.188. The zero-order valence-corrected chi connectivity index (χ0v) is 10.9. The van der Waals surface area contributed by atoms with Crippen molar-refractivity contribution in [1.29, 1.82) is 0 Å². The Morgan fingerprint density at radius 2 is 2.06 bits per heavy atom. The van der Waals surface area contributed by atoms with Crippen LogP contribution in [0.4, 0.5) is 5.69 Å². The zero-order chi connectivity index (χ0) is 13.1. The van der Waals surface area contributed by atoms with Crippen molar-refractivity contribution < 1.29 is 13.2 Å². The van der Waals surface area contributed by atoms with Gasteiger partial charge in [0, 0.05) is 12.3 Å². The van der Waals surface area contributed by atoms with Crippen LogP contribution in [0.1, 0.15) is 6.42 Å². The molecule has 1 amide bonds. The van der Waals surface area contributed by atoms with Crippen molar-refractivity contribution in [3.63, 3.8) is 0 Å².